The summed E-state index contributed by atoms with van der Waals surface area (Å²) in [6.45, 7) is 8.19. The van der Waals surface area contributed by atoms with Gasteiger partial charge in [-0.05, 0) is 19.8 Å². The fraction of sp³-hybridized carbons (Fsp3) is 0.667. The summed E-state index contributed by atoms with van der Waals surface area (Å²) in [5.74, 6) is 1.33. The van der Waals surface area contributed by atoms with Gasteiger partial charge in [-0.2, -0.15) is 0 Å². The minimum Gasteiger partial charge on any atom is -0.345 e. The van der Waals surface area contributed by atoms with Crippen molar-refractivity contribution in [1.29, 1.82) is 0 Å². The molecular weight excluding hydrogens is 150 g/mol. The zero-order valence-electron chi connectivity index (χ0n) is 8.18. The van der Waals surface area contributed by atoms with E-state index < -0.39 is 0 Å². The zero-order chi connectivity index (χ0) is 9.30. The van der Waals surface area contributed by atoms with Crippen LogP contribution in [0, 0.1) is 19.8 Å². The molecular formula is C9H17N3. The van der Waals surface area contributed by atoms with E-state index in [1.54, 1.807) is 0 Å². The van der Waals surface area contributed by atoms with Crippen molar-refractivity contribution in [2.45, 2.75) is 33.7 Å². The molecule has 0 aliphatic heterocycles. The molecule has 0 aliphatic rings. The van der Waals surface area contributed by atoms with Gasteiger partial charge in [0.2, 0.25) is 0 Å². The van der Waals surface area contributed by atoms with Crippen LogP contribution in [0.1, 0.15) is 37.1 Å². The molecule has 12 heavy (non-hydrogen) atoms. The third-order valence-electron chi connectivity index (χ3n) is 2.18. The molecule has 1 aromatic heterocycles. The van der Waals surface area contributed by atoms with Gasteiger partial charge < -0.3 is 10.7 Å². The maximum atomic E-state index is 5.93. The maximum absolute atomic E-state index is 5.93. The molecule has 68 valence electrons. The highest BCUT2D eigenvalue weighted by Crippen LogP contribution is 2.16. The van der Waals surface area contributed by atoms with Crippen molar-refractivity contribution < 1.29 is 0 Å². The summed E-state index contributed by atoms with van der Waals surface area (Å²) in [6.07, 6.45) is 0. The normalized spacial score (nSPS) is 13.8. The molecule has 0 radical (unpaired) electrons. The van der Waals surface area contributed by atoms with Crippen molar-refractivity contribution in [2.75, 3.05) is 0 Å². The van der Waals surface area contributed by atoms with Gasteiger partial charge in [0, 0.05) is 5.69 Å². The first-order valence-electron chi connectivity index (χ1n) is 4.31. The first-order valence-corrected chi connectivity index (χ1v) is 4.31. The highest BCUT2D eigenvalue weighted by molar-refractivity contribution is 5.12. The number of H-pyrrole nitrogens is 1. The summed E-state index contributed by atoms with van der Waals surface area (Å²) < 4.78 is 0. The lowest BCUT2D eigenvalue weighted by Crippen LogP contribution is -2.18. The number of aromatic amines is 1. The van der Waals surface area contributed by atoms with E-state index in [-0.39, 0.29) is 6.04 Å². The highest BCUT2D eigenvalue weighted by atomic mass is 15.0. The average Bonchev–Trinajstić information content (AvgIpc) is 2.30. The van der Waals surface area contributed by atoms with Gasteiger partial charge in [-0.3, -0.25) is 0 Å². The Hall–Kier alpha value is -0.830. The maximum Gasteiger partial charge on any atom is 0.123 e. The first-order chi connectivity index (χ1) is 5.52. The molecule has 3 heteroatoms. The Morgan fingerprint density at radius 1 is 1.33 bits per heavy atom. The van der Waals surface area contributed by atoms with Crippen LogP contribution in [0.4, 0.5) is 0 Å². The molecule has 0 spiro atoms. The second kappa shape index (κ2) is 3.27. The Bertz CT molecular complexity index is 243. The summed E-state index contributed by atoms with van der Waals surface area (Å²) in [4.78, 5) is 7.54. The molecule has 0 fully saturated rings. The van der Waals surface area contributed by atoms with Crippen LogP contribution in [0.15, 0.2) is 0 Å². The van der Waals surface area contributed by atoms with Crippen LogP contribution in [-0.2, 0) is 0 Å². The van der Waals surface area contributed by atoms with E-state index >= 15 is 0 Å². The van der Waals surface area contributed by atoms with E-state index in [9.17, 15) is 0 Å². The van der Waals surface area contributed by atoms with Crippen LogP contribution in [0.25, 0.3) is 0 Å². The predicted octanol–water partition coefficient (Wildman–Crippen LogP) is 1.68. The Kier molecular flexibility index (Phi) is 2.52. The fourth-order valence-corrected chi connectivity index (χ4v) is 1.05. The number of hydrogen-bond donors (Lipinski definition) is 2. The zero-order valence-corrected chi connectivity index (χ0v) is 8.18. The SMILES string of the molecule is Cc1nc([C@@H](N)C(C)C)[nH]c1C. The number of imidazole rings is 1. The van der Waals surface area contributed by atoms with E-state index in [2.05, 4.69) is 23.8 Å². The van der Waals surface area contributed by atoms with Crippen LogP contribution in [0.2, 0.25) is 0 Å². The molecule has 0 bridgehead atoms. The second-order valence-corrected chi connectivity index (χ2v) is 3.60. The number of aryl methyl sites for hydroxylation is 2. The molecule has 0 amide bonds. The fourth-order valence-electron chi connectivity index (χ4n) is 1.05. The van der Waals surface area contributed by atoms with Crippen LogP contribution in [-0.4, -0.2) is 9.97 Å². The number of nitrogens with zero attached hydrogens (tertiary/aromatic N) is 1. The third-order valence-corrected chi connectivity index (χ3v) is 2.18. The van der Waals surface area contributed by atoms with Gasteiger partial charge in [0.25, 0.3) is 0 Å². The van der Waals surface area contributed by atoms with Gasteiger partial charge in [0.1, 0.15) is 5.82 Å². The number of aromatic nitrogens is 2. The number of nitrogens with two attached hydrogens (primary N) is 1. The molecule has 0 saturated heterocycles. The smallest absolute Gasteiger partial charge is 0.123 e. The Morgan fingerprint density at radius 2 is 1.92 bits per heavy atom. The van der Waals surface area contributed by atoms with Crippen LogP contribution in [0.5, 0.6) is 0 Å². The van der Waals surface area contributed by atoms with Crippen LogP contribution < -0.4 is 5.73 Å². The molecule has 3 N–H and O–H groups in total. The second-order valence-electron chi connectivity index (χ2n) is 3.60. The number of rotatable bonds is 2. The molecule has 1 aromatic rings. The van der Waals surface area contributed by atoms with Crippen LogP contribution in [0.3, 0.4) is 0 Å². The average molecular weight is 167 g/mol. The molecule has 0 aliphatic carbocycles. The van der Waals surface area contributed by atoms with Crippen molar-refractivity contribution in [3.05, 3.63) is 17.2 Å². The van der Waals surface area contributed by atoms with E-state index in [1.807, 2.05) is 13.8 Å². The van der Waals surface area contributed by atoms with Crippen LogP contribution >= 0.6 is 0 Å². The lowest BCUT2D eigenvalue weighted by atomic mass is 10.1. The Morgan fingerprint density at radius 3 is 2.25 bits per heavy atom. The van der Waals surface area contributed by atoms with E-state index in [0.717, 1.165) is 17.2 Å². The van der Waals surface area contributed by atoms with Crippen molar-refractivity contribution in [3.63, 3.8) is 0 Å². The largest absolute Gasteiger partial charge is 0.345 e. The van der Waals surface area contributed by atoms with Gasteiger partial charge in [0.15, 0.2) is 0 Å². The van der Waals surface area contributed by atoms with Crippen molar-refractivity contribution in [3.8, 4) is 0 Å². The molecule has 3 nitrogen and oxygen atoms in total. The lowest BCUT2D eigenvalue weighted by molar-refractivity contribution is 0.493. The standard InChI is InChI=1S/C9H17N3/c1-5(2)8(10)9-11-6(3)7(4)12-9/h5,8H,10H2,1-4H3,(H,11,12)/t8-/m0/s1. The molecule has 0 saturated carbocycles. The summed E-state index contributed by atoms with van der Waals surface area (Å²) in [6, 6.07) is 0.0254. The third kappa shape index (κ3) is 1.67. The van der Waals surface area contributed by atoms with Crippen molar-refractivity contribution >= 4 is 0 Å². The number of nitrogens with one attached hydrogen (secondary N) is 1. The summed E-state index contributed by atoms with van der Waals surface area (Å²) >= 11 is 0. The van der Waals surface area contributed by atoms with E-state index in [0.29, 0.717) is 5.92 Å². The van der Waals surface area contributed by atoms with E-state index in [4.69, 9.17) is 5.73 Å². The van der Waals surface area contributed by atoms with Gasteiger partial charge in [-0.25, -0.2) is 4.98 Å². The van der Waals surface area contributed by atoms with E-state index in [1.165, 1.54) is 0 Å². The molecule has 1 atom stereocenters. The number of hydrogen-bond acceptors (Lipinski definition) is 2. The minimum absolute atomic E-state index is 0.0254. The molecule has 1 rings (SSSR count). The minimum atomic E-state index is 0.0254. The predicted molar refractivity (Wildman–Crippen MR) is 49.8 cm³/mol. The summed E-state index contributed by atoms with van der Waals surface area (Å²) in [7, 11) is 0. The summed E-state index contributed by atoms with van der Waals surface area (Å²) in [5, 5.41) is 0. The first kappa shape index (κ1) is 9.26. The molecule has 0 aromatic carbocycles. The van der Waals surface area contributed by atoms with Gasteiger partial charge in [-0.1, -0.05) is 13.8 Å². The molecule has 1 heterocycles. The summed E-state index contributed by atoms with van der Waals surface area (Å²) in [5.41, 5.74) is 8.08. The Labute approximate surface area is 73.4 Å². The van der Waals surface area contributed by atoms with Gasteiger partial charge >= 0.3 is 0 Å². The lowest BCUT2D eigenvalue weighted by Gasteiger charge is -2.11. The van der Waals surface area contributed by atoms with Crippen molar-refractivity contribution in [2.24, 2.45) is 11.7 Å². The topological polar surface area (TPSA) is 54.7 Å². The monoisotopic (exact) mass is 167 g/mol. The van der Waals surface area contributed by atoms with Crippen molar-refractivity contribution in [1.82, 2.24) is 9.97 Å². The quantitative estimate of drug-likeness (QED) is 0.704. The van der Waals surface area contributed by atoms with Gasteiger partial charge in [0.05, 0.1) is 11.7 Å². The Balaban J connectivity index is 2.89. The molecule has 0 unspecified atom stereocenters. The van der Waals surface area contributed by atoms with Gasteiger partial charge in [-0.15, -0.1) is 0 Å². The highest BCUT2D eigenvalue weighted by Gasteiger charge is 2.14.